The van der Waals surface area contributed by atoms with Gasteiger partial charge in [-0.3, -0.25) is 0 Å². The first kappa shape index (κ1) is 15.9. The van der Waals surface area contributed by atoms with Crippen molar-refractivity contribution in [2.45, 2.75) is 11.8 Å². The molecule has 0 saturated heterocycles. The fourth-order valence-corrected chi connectivity index (χ4v) is 3.25. The highest BCUT2D eigenvalue weighted by Gasteiger charge is 2.18. The Bertz CT molecular complexity index is 581. The third-order valence-electron chi connectivity index (χ3n) is 2.52. The van der Waals surface area contributed by atoms with E-state index in [0.717, 1.165) is 0 Å². The monoisotopic (exact) mass is 301 g/mol. The lowest BCUT2D eigenvalue weighted by Gasteiger charge is -2.13. The van der Waals surface area contributed by atoms with E-state index >= 15 is 0 Å². The molecule has 0 aliphatic carbocycles. The van der Waals surface area contributed by atoms with Crippen molar-refractivity contribution in [3.05, 3.63) is 28.8 Å². The zero-order valence-electron chi connectivity index (χ0n) is 10.8. The number of hydrogen-bond acceptors (Lipinski definition) is 4. The van der Waals surface area contributed by atoms with E-state index in [0.29, 0.717) is 18.7 Å². The van der Waals surface area contributed by atoms with Crippen LogP contribution in [0.4, 0.5) is 0 Å². The fourth-order valence-electron chi connectivity index (χ4n) is 1.54. The molecule has 0 spiro atoms. The number of hydrogen-bond donors (Lipinski definition) is 2. The largest absolute Gasteiger partial charge is 0.319 e. The van der Waals surface area contributed by atoms with E-state index in [-0.39, 0.29) is 15.8 Å². The maximum absolute atomic E-state index is 12.1. The number of halogens is 1. The van der Waals surface area contributed by atoms with E-state index in [1.54, 1.807) is 0 Å². The SMILES string of the molecule is CNCC(C)CNS(=O)(=O)c1ccc(C#N)cc1Cl. The van der Waals surface area contributed by atoms with Gasteiger partial charge in [-0.1, -0.05) is 18.5 Å². The Hall–Kier alpha value is -1.13. The second kappa shape index (κ2) is 6.87. The van der Waals surface area contributed by atoms with Crippen molar-refractivity contribution >= 4 is 21.6 Å². The number of nitriles is 1. The molecule has 0 amide bonds. The molecule has 1 unspecified atom stereocenters. The number of benzene rings is 1. The van der Waals surface area contributed by atoms with Crippen molar-refractivity contribution in [2.75, 3.05) is 20.1 Å². The first-order valence-corrected chi connectivity index (χ1v) is 7.60. The molecule has 1 aromatic carbocycles. The summed E-state index contributed by atoms with van der Waals surface area (Å²) < 4.78 is 26.6. The molecule has 5 nitrogen and oxygen atoms in total. The quantitative estimate of drug-likeness (QED) is 0.831. The Kier molecular flexibility index (Phi) is 5.76. The minimum Gasteiger partial charge on any atom is -0.319 e. The van der Waals surface area contributed by atoms with Gasteiger partial charge in [0.1, 0.15) is 4.90 Å². The molecule has 1 aromatic rings. The van der Waals surface area contributed by atoms with Crippen LogP contribution in [0.15, 0.2) is 23.1 Å². The first-order valence-electron chi connectivity index (χ1n) is 5.74. The highest BCUT2D eigenvalue weighted by Crippen LogP contribution is 2.22. The first-order chi connectivity index (χ1) is 8.90. The molecular formula is C12H16ClN3O2S. The lowest BCUT2D eigenvalue weighted by molar-refractivity contribution is 0.519. The van der Waals surface area contributed by atoms with Crippen molar-refractivity contribution < 1.29 is 8.42 Å². The molecule has 0 aliphatic heterocycles. The molecule has 1 rings (SSSR count). The zero-order chi connectivity index (χ0) is 14.5. The Morgan fingerprint density at radius 3 is 2.63 bits per heavy atom. The van der Waals surface area contributed by atoms with E-state index < -0.39 is 10.0 Å². The molecule has 0 heterocycles. The van der Waals surface area contributed by atoms with E-state index in [1.807, 2.05) is 20.0 Å². The van der Waals surface area contributed by atoms with Gasteiger partial charge in [0.15, 0.2) is 0 Å². The molecule has 0 fully saturated rings. The summed E-state index contributed by atoms with van der Waals surface area (Å²) in [5.41, 5.74) is 0.326. The Balaban J connectivity index is 2.86. The van der Waals surface area contributed by atoms with E-state index in [2.05, 4.69) is 10.0 Å². The van der Waals surface area contributed by atoms with Crippen molar-refractivity contribution in [2.24, 2.45) is 5.92 Å². The van der Waals surface area contributed by atoms with Crippen LogP contribution in [0, 0.1) is 17.2 Å². The van der Waals surface area contributed by atoms with E-state index in [4.69, 9.17) is 16.9 Å². The Labute approximate surface area is 118 Å². The zero-order valence-corrected chi connectivity index (χ0v) is 12.3. The number of rotatable bonds is 6. The summed E-state index contributed by atoms with van der Waals surface area (Å²) in [5.74, 6) is 0.164. The molecule has 0 aromatic heterocycles. The smallest absolute Gasteiger partial charge is 0.242 e. The lowest BCUT2D eigenvalue weighted by Crippen LogP contribution is -2.32. The fraction of sp³-hybridized carbons (Fsp3) is 0.417. The van der Waals surface area contributed by atoms with Crippen LogP contribution in [0.2, 0.25) is 5.02 Å². The van der Waals surface area contributed by atoms with Crippen LogP contribution in [0.5, 0.6) is 0 Å². The van der Waals surface area contributed by atoms with E-state index in [1.165, 1.54) is 18.2 Å². The topological polar surface area (TPSA) is 82.0 Å². The van der Waals surface area contributed by atoms with Gasteiger partial charge in [-0.25, -0.2) is 13.1 Å². The van der Waals surface area contributed by atoms with Gasteiger partial charge in [0.25, 0.3) is 0 Å². The Morgan fingerprint density at radius 2 is 2.11 bits per heavy atom. The van der Waals surface area contributed by atoms with Gasteiger partial charge in [-0.15, -0.1) is 0 Å². The summed E-state index contributed by atoms with van der Waals surface area (Å²) in [5, 5.41) is 11.7. The summed E-state index contributed by atoms with van der Waals surface area (Å²) in [6, 6.07) is 6.01. The molecular weight excluding hydrogens is 286 g/mol. The van der Waals surface area contributed by atoms with Gasteiger partial charge in [0, 0.05) is 6.54 Å². The maximum Gasteiger partial charge on any atom is 0.242 e. The summed E-state index contributed by atoms with van der Waals surface area (Å²) >= 11 is 5.89. The summed E-state index contributed by atoms with van der Waals surface area (Å²) in [6.45, 7) is 2.96. The van der Waals surface area contributed by atoms with Crippen molar-refractivity contribution in [1.82, 2.24) is 10.0 Å². The van der Waals surface area contributed by atoms with Gasteiger partial charge in [0.05, 0.1) is 16.7 Å². The highest BCUT2D eigenvalue weighted by molar-refractivity contribution is 7.89. The van der Waals surface area contributed by atoms with Gasteiger partial charge in [-0.2, -0.15) is 5.26 Å². The second-order valence-electron chi connectivity index (χ2n) is 4.27. The normalized spacial score (nSPS) is 12.9. The number of nitrogens with one attached hydrogen (secondary N) is 2. The third-order valence-corrected chi connectivity index (χ3v) is 4.43. The molecule has 1 atom stereocenters. The average molecular weight is 302 g/mol. The van der Waals surface area contributed by atoms with Crippen LogP contribution in [-0.4, -0.2) is 28.6 Å². The van der Waals surface area contributed by atoms with E-state index in [9.17, 15) is 8.42 Å². The molecule has 0 radical (unpaired) electrons. The van der Waals surface area contributed by atoms with Crippen LogP contribution in [-0.2, 0) is 10.0 Å². The number of nitrogens with zero attached hydrogens (tertiary/aromatic N) is 1. The number of sulfonamides is 1. The van der Waals surface area contributed by atoms with Gasteiger partial charge in [0.2, 0.25) is 10.0 Å². The molecule has 19 heavy (non-hydrogen) atoms. The third kappa shape index (κ3) is 4.48. The minimum atomic E-state index is -3.65. The van der Waals surface area contributed by atoms with Crippen LogP contribution in [0.3, 0.4) is 0 Å². The van der Waals surface area contributed by atoms with Gasteiger partial charge in [-0.05, 0) is 37.7 Å². The minimum absolute atomic E-state index is 0.00942. The highest BCUT2D eigenvalue weighted by atomic mass is 35.5. The molecule has 0 aliphatic rings. The van der Waals surface area contributed by atoms with Gasteiger partial charge >= 0.3 is 0 Å². The van der Waals surface area contributed by atoms with Crippen LogP contribution in [0.25, 0.3) is 0 Å². The second-order valence-corrected chi connectivity index (χ2v) is 6.41. The summed E-state index contributed by atoms with van der Waals surface area (Å²) in [4.78, 5) is -0.00942. The summed E-state index contributed by atoms with van der Waals surface area (Å²) in [6.07, 6.45) is 0. The van der Waals surface area contributed by atoms with Crippen molar-refractivity contribution in [3.63, 3.8) is 0 Å². The van der Waals surface area contributed by atoms with Gasteiger partial charge < -0.3 is 5.32 Å². The van der Waals surface area contributed by atoms with Crippen LogP contribution >= 0.6 is 11.6 Å². The lowest BCUT2D eigenvalue weighted by atomic mass is 10.2. The predicted molar refractivity (Wildman–Crippen MR) is 74.4 cm³/mol. The maximum atomic E-state index is 12.1. The standard InChI is InChI=1S/C12H16ClN3O2S/c1-9(7-15-2)8-16-19(17,18)12-4-3-10(6-14)5-11(12)13/h3-5,9,15-16H,7-8H2,1-2H3. The summed E-state index contributed by atoms with van der Waals surface area (Å²) in [7, 11) is -1.84. The molecule has 0 bridgehead atoms. The molecule has 2 N–H and O–H groups in total. The molecule has 0 saturated carbocycles. The molecule has 104 valence electrons. The van der Waals surface area contributed by atoms with Crippen LogP contribution in [0.1, 0.15) is 12.5 Å². The van der Waals surface area contributed by atoms with Crippen molar-refractivity contribution in [3.8, 4) is 6.07 Å². The average Bonchev–Trinajstić information content (AvgIpc) is 2.36. The van der Waals surface area contributed by atoms with Crippen molar-refractivity contribution in [1.29, 1.82) is 5.26 Å². The molecule has 7 heteroatoms. The predicted octanol–water partition coefficient (Wildman–Crippen LogP) is 1.35. The van der Waals surface area contributed by atoms with Crippen LogP contribution < -0.4 is 10.0 Å². The Morgan fingerprint density at radius 1 is 1.42 bits per heavy atom.